The number of sulfonamides is 1. The van der Waals surface area contributed by atoms with E-state index < -0.39 is 10.0 Å². The molecule has 1 aromatic heterocycles. The van der Waals surface area contributed by atoms with Gasteiger partial charge in [0.1, 0.15) is 4.90 Å². The van der Waals surface area contributed by atoms with Gasteiger partial charge >= 0.3 is 0 Å². The van der Waals surface area contributed by atoms with Gasteiger partial charge in [0.25, 0.3) is 0 Å². The van der Waals surface area contributed by atoms with Gasteiger partial charge in [0.2, 0.25) is 15.9 Å². The van der Waals surface area contributed by atoms with Gasteiger partial charge in [0.15, 0.2) is 0 Å². The van der Waals surface area contributed by atoms with E-state index in [1.807, 2.05) is 6.07 Å². The molecule has 7 nitrogen and oxygen atoms in total. The van der Waals surface area contributed by atoms with E-state index in [-0.39, 0.29) is 16.6 Å². The maximum Gasteiger partial charge on any atom is 0.244 e. The summed E-state index contributed by atoms with van der Waals surface area (Å²) < 4.78 is 32.0. The number of thioether (sulfide) groups is 1. The summed E-state index contributed by atoms with van der Waals surface area (Å²) in [4.78, 5) is 17.1. The zero-order valence-corrected chi connectivity index (χ0v) is 20.6. The first-order chi connectivity index (χ1) is 15.2. The third-order valence-corrected chi connectivity index (χ3v) is 8.13. The van der Waals surface area contributed by atoms with E-state index >= 15 is 0 Å². The predicted octanol–water partition coefficient (Wildman–Crippen LogP) is 4.08. The molecule has 1 aliphatic rings. The Morgan fingerprint density at radius 3 is 2.25 bits per heavy atom. The standard InChI is InChI=1S/C23H31N3O4S2/c1-16(2)19-6-5-7-20(17(3)4)23(19)25-21(27)15-31-22-9-8-18(14-24-22)32(28,29)26-10-12-30-13-11-26/h5-9,14,16-17H,10-13,15H2,1-4H3,(H,25,27). The fourth-order valence-corrected chi connectivity index (χ4v) is 5.55. The first-order valence-corrected chi connectivity index (χ1v) is 13.2. The number of amides is 1. The van der Waals surface area contributed by atoms with Gasteiger partial charge in [-0.3, -0.25) is 4.79 Å². The zero-order valence-electron chi connectivity index (χ0n) is 19.0. The van der Waals surface area contributed by atoms with E-state index in [0.717, 1.165) is 16.8 Å². The number of pyridine rings is 1. The lowest BCUT2D eigenvalue weighted by Gasteiger charge is -2.25. The Balaban J connectivity index is 1.65. The Bertz CT molecular complexity index is 1010. The van der Waals surface area contributed by atoms with Crippen molar-refractivity contribution in [2.45, 2.75) is 49.5 Å². The molecule has 1 aliphatic heterocycles. The molecule has 2 aromatic rings. The largest absolute Gasteiger partial charge is 0.379 e. The minimum absolute atomic E-state index is 0.114. The van der Waals surface area contributed by atoms with Gasteiger partial charge in [-0.15, -0.1) is 0 Å². The lowest BCUT2D eigenvalue weighted by molar-refractivity contribution is -0.113. The third-order valence-electron chi connectivity index (χ3n) is 5.31. The summed E-state index contributed by atoms with van der Waals surface area (Å²) in [5.41, 5.74) is 3.12. The van der Waals surface area contributed by atoms with Gasteiger partial charge in [-0.05, 0) is 35.1 Å². The van der Waals surface area contributed by atoms with Crippen molar-refractivity contribution in [3.05, 3.63) is 47.7 Å². The van der Waals surface area contributed by atoms with Crippen LogP contribution in [0.4, 0.5) is 5.69 Å². The molecule has 32 heavy (non-hydrogen) atoms. The van der Waals surface area contributed by atoms with Crippen LogP contribution in [0.5, 0.6) is 0 Å². The topological polar surface area (TPSA) is 88.6 Å². The van der Waals surface area contributed by atoms with E-state index in [4.69, 9.17) is 4.74 Å². The fraction of sp³-hybridized carbons (Fsp3) is 0.478. The Labute approximate surface area is 195 Å². The highest BCUT2D eigenvalue weighted by molar-refractivity contribution is 7.99. The minimum Gasteiger partial charge on any atom is -0.379 e. The van der Waals surface area contributed by atoms with Crippen LogP contribution in [0.2, 0.25) is 0 Å². The average molecular weight is 478 g/mol. The lowest BCUT2D eigenvalue weighted by Crippen LogP contribution is -2.40. The summed E-state index contributed by atoms with van der Waals surface area (Å²) in [6.07, 6.45) is 1.36. The number of carbonyl (C=O) groups is 1. The van der Waals surface area contributed by atoms with Crippen molar-refractivity contribution in [1.82, 2.24) is 9.29 Å². The van der Waals surface area contributed by atoms with Crippen molar-refractivity contribution in [2.75, 3.05) is 37.4 Å². The second kappa shape index (κ2) is 10.8. The average Bonchev–Trinajstić information content (AvgIpc) is 2.78. The number of nitrogens with one attached hydrogen (secondary N) is 1. The number of aromatic nitrogens is 1. The van der Waals surface area contributed by atoms with Gasteiger partial charge in [0.05, 0.1) is 24.0 Å². The van der Waals surface area contributed by atoms with Crippen LogP contribution < -0.4 is 5.32 Å². The highest BCUT2D eigenvalue weighted by atomic mass is 32.2. The van der Waals surface area contributed by atoms with Crippen LogP contribution in [0, 0.1) is 0 Å². The van der Waals surface area contributed by atoms with Crippen molar-refractivity contribution in [3.8, 4) is 0 Å². The Hall–Kier alpha value is -1.94. The SMILES string of the molecule is CC(C)c1cccc(C(C)C)c1NC(=O)CSc1ccc(S(=O)(=O)N2CCOCC2)cn1. The molecule has 3 rings (SSSR count). The molecule has 1 aromatic carbocycles. The summed E-state index contributed by atoms with van der Waals surface area (Å²) in [6.45, 7) is 9.92. The Morgan fingerprint density at radius 2 is 1.72 bits per heavy atom. The van der Waals surface area contributed by atoms with Crippen molar-refractivity contribution in [3.63, 3.8) is 0 Å². The summed E-state index contributed by atoms with van der Waals surface area (Å²) >= 11 is 1.28. The summed E-state index contributed by atoms with van der Waals surface area (Å²) in [5, 5.41) is 3.69. The minimum atomic E-state index is -3.57. The quantitative estimate of drug-likeness (QED) is 0.577. The number of rotatable bonds is 8. The number of hydrogen-bond donors (Lipinski definition) is 1. The summed E-state index contributed by atoms with van der Waals surface area (Å²) in [7, 11) is -3.57. The van der Waals surface area contributed by atoms with E-state index in [2.05, 4.69) is 50.1 Å². The highest BCUT2D eigenvalue weighted by Crippen LogP contribution is 2.32. The van der Waals surface area contributed by atoms with E-state index in [9.17, 15) is 13.2 Å². The fourth-order valence-electron chi connectivity index (χ4n) is 3.55. The van der Waals surface area contributed by atoms with Crippen molar-refractivity contribution in [2.24, 2.45) is 0 Å². The molecule has 0 aliphatic carbocycles. The molecule has 0 saturated carbocycles. The number of nitrogens with zero attached hydrogens (tertiary/aromatic N) is 2. The molecule has 174 valence electrons. The first kappa shape index (κ1) is 24.7. The van der Waals surface area contributed by atoms with Crippen LogP contribution >= 0.6 is 11.8 Å². The molecule has 0 bridgehead atoms. The summed E-state index contributed by atoms with van der Waals surface area (Å²) in [5.74, 6) is 0.655. The van der Waals surface area contributed by atoms with E-state index in [1.54, 1.807) is 12.1 Å². The number of hydrogen-bond acceptors (Lipinski definition) is 6. The van der Waals surface area contributed by atoms with Crippen LogP contribution in [-0.2, 0) is 19.6 Å². The molecule has 0 radical (unpaired) electrons. The van der Waals surface area contributed by atoms with Crippen LogP contribution in [0.15, 0.2) is 46.5 Å². The molecule has 1 saturated heterocycles. The van der Waals surface area contributed by atoms with Crippen LogP contribution in [-0.4, -0.2) is 55.7 Å². The number of para-hydroxylation sites is 1. The van der Waals surface area contributed by atoms with Crippen LogP contribution in [0.3, 0.4) is 0 Å². The Kier molecular flexibility index (Phi) is 8.32. The van der Waals surface area contributed by atoms with Crippen molar-refractivity contribution in [1.29, 1.82) is 0 Å². The lowest BCUT2D eigenvalue weighted by atomic mass is 9.92. The van der Waals surface area contributed by atoms with Crippen molar-refractivity contribution >= 4 is 33.4 Å². The van der Waals surface area contributed by atoms with E-state index in [0.29, 0.717) is 43.2 Å². The van der Waals surface area contributed by atoms with Gasteiger partial charge in [0, 0.05) is 25.0 Å². The van der Waals surface area contributed by atoms with Gasteiger partial charge in [-0.25, -0.2) is 13.4 Å². The van der Waals surface area contributed by atoms with Crippen molar-refractivity contribution < 1.29 is 17.9 Å². The molecule has 2 heterocycles. The number of ether oxygens (including phenoxy) is 1. The molecule has 0 unspecified atom stereocenters. The summed E-state index contributed by atoms with van der Waals surface area (Å²) in [6, 6.07) is 9.32. The molecule has 9 heteroatoms. The first-order valence-electron chi connectivity index (χ1n) is 10.8. The molecular formula is C23H31N3O4S2. The number of morpholine rings is 1. The smallest absolute Gasteiger partial charge is 0.244 e. The molecular weight excluding hydrogens is 446 g/mol. The number of carbonyl (C=O) groups excluding carboxylic acids is 1. The van der Waals surface area contributed by atoms with Gasteiger partial charge in [-0.2, -0.15) is 4.31 Å². The molecule has 1 fully saturated rings. The van der Waals surface area contributed by atoms with Gasteiger partial charge in [-0.1, -0.05) is 57.7 Å². The van der Waals surface area contributed by atoms with Crippen LogP contribution in [0.1, 0.15) is 50.7 Å². The van der Waals surface area contributed by atoms with E-state index in [1.165, 1.54) is 22.3 Å². The highest BCUT2D eigenvalue weighted by Gasteiger charge is 2.26. The second-order valence-corrected chi connectivity index (χ2v) is 11.2. The maximum atomic E-state index is 12.7. The zero-order chi connectivity index (χ0) is 23.3. The number of anilines is 1. The number of benzene rings is 1. The Morgan fingerprint density at radius 1 is 1.09 bits per heavy atom. The monoisotopic (exact) mass is 477 g/mol. The normalized spacial score (nSPS) is 15.3. The van der Waals surface area contributed by atoms with Gasteiger partial charge < -0.3 is 10.1 Å². The third kappa shape index (κ3) is 5.89. The predicted molar refractivity (Wildman–Crippen MR) is 128 cm³/mol. The molecule has 1 amide bonds. The second-order valence-electron chi connectivity index (χ2n) is 8.31. The molecule has 0 atom stereocenters. The molecule has 0 spiro atoms. The maximum absolute atomic E-state index is 12.7. The van der Waals surface area contributed by atoms with Crippen LogP contribution in [0.25, 0.3) is 0 Å². The molecule has 1 N–H and O–H groups in total.